The Hall–Kier alpha value is -0.100. The predicted octanol–water partition coefficient (Wildman–Crippen LogP) is 3.08. The summed E-state index contributed by atoms with van der Waals surface area (Å²) in [6.45, 7) is 1.99. The minimum atomic E-state index is -0.207. The van der Waals surface area contributed by atoms with Crippen molar-refractivity contribution >= 4 is 44.5 Å². The van der Waals surface area contributed by atoms with E-state index in [1.165, 1.54) is 7.11 Å². The number of rotatable bonds is 2. The van der Waals surface area contributed by atoms with Crippen molar-refractivity contribution in [2.24, 2.45) is 0 Å². The summed E-state index contributed by atoms with van der Waals surface area (Å²) < 4.78 is 6.79. The molecule has 14 heavy (non-hydrogen) atoms. The Morgan fingerprint density at radius 1 is 1.57 bits per heavy atom. The van der Waals surface area contributed by atoms with Crippen molar-refractivity contribution in [3.05, 3.63) is 31.3 Å². The molecule has 0 radical (unpaired) electrons. The number of benzene rings is 1. The van der Waals surface area contributed by atoms with E-state index in [2.05, 4.69) is 43.3 Å². The molecule has 0 spiro atoms. The summed E-state index contributed by atoms with van der Waals surface area (Å²) in [6, 6.07) is 4.01. The first-order valence-corrected chi connectivity index (χ1v) is 5.93. The first kappa shape index (κ1) is 12.0. The molecule has 0 saturated carbocycles. The number of methoxy groups -OCH3 is 1. The summed E-state index contributed by atoms with van der Waals surface area (Å²) in [6.07, 6.45) is 0.331. The Kier molecular flexibility index (Phi) is 4.37. The van der Waals surface area contributed by atoms with Crippen LogP contribution < -0.4 is 0 Å². The highest BCUT2D eigenvalue weighted by atomic mass is 127. The van der Waals surface area contributed by atoms with Gasteiger partial charge in [-0.25, -0.2) is 0 Å². The number of aryl methyl sites for hydroxylation is 1. The summed E-state index contributed by atoms with van der Waals surface area (Å²) in [4.78, 5) is 11.1. The second kappa shape index (κ2) is 5.11. The van der Waals surface area contributed by atoms with Crippen molar-refractivity contribution < 1.29 is 9.53 Å². The lowest BCUT2D eigenvalue weighted by Crippen LogP contribution is -2.06. The minimum Gasteiger partial charge on any atom is -0.469 e. The molecular formula is C10H10BrIO2. The van der Waals surface area contributed by atoms with E-state index in [0.717, 1.165) is 19.2 Å². The fourth-order valence-corrected chi connectivity index (χ4v) is 2.12. The zero-order chi connectivity index (χ0) is 10.7. The Balaban J connectivity index is 2.98. The van der Waals surface area contributed by atoms with Crippen LogP contribution in [0.25, 0.3) is 0 Å². The quantitative estimate of drug-likeness (QED) is 0.592. The topological polar surface area (TPSA) is 26.3 Å². The van der Waals surface area contributed by atoms with Crippen LogP contribution in [0.15, 0.2) is 16.6 Å². The van der Waals surface area contributed by atoms with E-state index in [-0.39, 0.29) is 5.97 Å². The van der Waals surface area contributed by atoms with Crippen LogP contribution in [-0.2, 0) is 16.0 Å². The lowest BCUT2D eigenvalue weighted by molar-refractivity contribution is -0.139. The van der Waals surface area contributed by atoms with Gasteiger partial charge in [-0.05, 0) is 68.7 Å². The predicted molar refractivity (Wildman–Crippen MR) is 67.3 cm³/mol. The van der Waals surface area contributed by atoms with Crippen molar-refractivity contribution in [2.75, 3.05) is 7.11 Å². The summed E-state index contributed by atoms with van der Waals surface area (Å²) in [5, 5.41) is 0. The van der Waals surface area contributed by atoms with Gasteiger partial charge in [-0.3, -0.25) is 4.79 Å². The van der Waals surface area contributed by atoms with E-state index in [0.29, 0.717) is 6.42 Å². The first-order valence-electron chi connectivity index (χ1n) is 4.06. The number of hydrogen-bond donors (Lipinski definition) is 0. The fourth-order valence-electron chi connectivity index (χ4n) is 1.11. The van der Waals surface area contributed by atoms with Crippen LogP contribution in [0.2, 0.25) is 0 Å². The third kappa shape index (κ3) is 2.95. The van der Waals surface area contributed by atoms with Gasteiger partial charge in [0.05, 0.1) is 13.5 Å². The zero-order valence-corrected chi connectivity index (χ0v) is 11.7. The van der Waals surface area contributed by atoms with Crippen molar-refractivity contribution in [3.8, 4) is 0 Å². The fraction of sp³-hybridized carbons (Fsp3) is 0.300. The van der Waals surface area contributed by atoms with Gasteiger partial charge in [-0.2, -0.15) is 0 Å². The number of carbonyl (C=O) groups excluding carboxylic acids is 1. The van der Waals surface area contributed by atoms with Gasteiger partial charge in [0.15, 0.2) is 0 Å². The molecule has 0 bridgehead atoms. The van der Waals surface area contributed by atoms with Crippen molar-refractivity contribution in [1.82, 2.24) is 0 Å². The van der Waals surface area contributed by atoms with Crippen LogP contribution in [0.4, 0.5) is 0 Å². The standard InChI is InChI=1S/C10H10BrIO2/c1-6-3-9(12)8(11)4-7(6)5-10(13)14-2/h3-4H,5H2,1-2H3. The molecule has 2 nitrogen and oxygen atoms in total. The molecule has 76 valence electrons. The first-order chi connectivity index (χ1) is 6.54. The number of carbonyl (C=O) groups is 1. The molecule has 0 aromatic heterocycles. The highest BCUT2D eigenvalue weighted by molar-refractivity contribution is 14.1. The maximum absolute atomic E-state index is 11.1. The zero-order valence-electron chi connectivity index (χ0n) is 7.93. The minimum absolute atomic E-state index is 0.207. The van der Waals surface area contributed by atoms with E-state index in [9.17, 15) is 4.79 Å². The van der Waals surface area contributed by atoms with E-state index < -0.39 is 0 Å². The molecule has 1 aromatic carbocycles. The van der Waals surface area contributed by atoms with Crippen LogP contribution in [0.5, 0.6) is 0 Å². The molecule has 0 saturated heterocycles. The summed E-state index contributed by atoms with van der Waals surface area (Å²) in [5.41, 5.74) is 2.12. The van der Waals surface area contributed by atoms with Crippen LogP contribution in [0.3, 0.4) is 0 Å². The van der Waals surface area contributed by atoms with Crippen molar-refractivity contribution in [2.45, 2.75) is 13.3 Å². The van der Waals surface area contributed by atoms with E-state index in [1.54, 1.807) is 0 Å². The molecule has 0 aliphatic carbocycles. The smallest absolute Gasteiger partial charge is 0.309 e. The number of halogens is 2. The Morgan fingerprint density at radius 2 is 2.21 bits per heavy atom. The van der Waals surface area contributed by atoms with Gasteiger partial charge in [0.2, 0.25) is 0 Å². The second-order valence-corrected chi connectivity index (χ2v) is 4.96. The highest BCUT2D eigenvalue weighted by Gasteiger charge is 2.08. The lowest BCUT2D eigenvalue weighted by Gasteiger charge is -2.06. The third-order valence-corrected chi connectivity index (χ3v) is 4.23. The number of esters is 1. The molecular weight excluding hydrogens is 359 g/mol. The van der Waals surface area contributed by atoms with Gasteiger partial charge >= 0.3 is 5.97 Å². The molecule has 1 rings (SSSR count). The molecule has 1 aromatic rings. The average molecular weight is 369 g/mol. The number of ether oxygens (including phenoxy) is 1. The van der Waals surface area contributed by atoms with Gasteiger partial charge in [-0.1, -0.05) is 0 Å². The maximum Gasteiger partial charge on any atom is 0.309 e. The van der Waals surface area contributed by atoms with Crippen molar-refractivity contribution in [3.63, 3.8) is 0 Å². The van der Waals surface area contributed by atoms with Gasteiger partial charge in [-0.15, -0.1) is 0 Å². The van der Waals surface area contributed by atoms with Gasteiger partial charge < -0.3 is 4.74 Å². The average Bonchev–Trinajstić information content (AvgIpc) is 2.14. The molecule has 0 N–H and O–H groups in total. The monoisotopic (exact) mass is 368 g/mol. The van der Waals surface area contributed by atoms with Gasteiger partial charge in [0.1, 0.15) is 0 Å². The van der Waals surface area contributed by atoms with Crippen LogP contribution >= 0.6 is 38.5 Å². The van der Waals surface area contributed by atoms with Crippen molar-refractivity contribution in [1.29, 1.82) is 0 Å². The molecule has 0 aliphatic rings. The molecule has 0 atom stereocenters. The summed E-state index contributed by atoms with van der Waals surface area (Å²) in [7, 11) is 1.40. The highest BCUT2D eigenvalue weighted by Crippen LogP contribution is 2.23. The summed E-state index contributed by atoms with van der Waals surface area (Å²) in [5.74, 6) is -0.207. The molecule has 0 unspecified atom stereocenters. The third-order valence-electron chi connectivity index (χ3n) is 1.94. The largest absolute Gasteiger partial charge is 0.469 e. The van der Waals surface area contributed by atoms with Gasteiger partial charge in [0.25, 0.3) is 0 Å². The molecule has 0 aliphatic heterocycles. The van der Waals surface area contributed by atoms with Crippen LogP contribution in [-0.4, -0.2) is 13.1 Å². The maximum atomic E-state index is 11.1. The lowest BCUT2D eigenvalue weighted by atomic mass is 10.1. The Bertz CT molecular complexity index is 363. The normalized spacial score (nSPS) is 10.0. The Labute approximate surface area is 105 Å². The number of hydrogen-bond acceptors (Lipinski definition) is 2. The molecule has 0 heterocycles. The van der Waals surface area contributed by atoms with E-state index >= 15 is 0 Å². The Morgan fingerprint density at radius 3 is 2.79 bits per heavy atom. The van der Waals surface area contributed by atoms with E-state index in [4.69, 9.17) is 0 Å². The van der Waals surface area contributed by atoms with Crippen LogP contribution in [0.1, 0.15) is 11.1 Å². The van der Waals surface area contributed by atoms with Gasteiger partial charge in [0, 0.05) is 8.04 Å². The molecule has 0 amide bonds. The van der Waals surface area contributed by atoms with E-state index in [1.807, 2.05) is 19.1 Å². The molecule has 4 heteroatoms. The molecule has 0 fully saturated rings. The SMILES string of the molecule is COC(=O)Cc1cc(Br)c(I)cc1C. The summed E-state index contributed by atoms with van der Waals surface area (Å²) >= 11 is 5.68. The second-order valence-electron chi connectivity index (χ2n) is 2.95. The van der Waals surface area contributed by atoms with Crippen LogP contribution in [0, 0.1) is 10.5 Å².